The number of carbonyl (C=O) groups is 1. The molecule has 0 heterocycles. The van der Waals surface area contributed by atoms with Crippen LogP contribution in [0.5, 0.6) is 0 Å². The maximum absolute atomic E-state index is 11.8. The minimum Gasteiger partial charge on any atom is -0.378 e. The van der Waals surface area contributed by atoms with Crippen LogP contribution >= 0.6 is 0 Å². The van der Waals surface area contributed by atoms with Crippen molar-refractivity contribution in [3.8, 4) is 0 Å². The van der Waals surface area contributed by atoms with Gasteiger partial charge in [-0.15, -0.1) is 0 Å². The van der Waals surface area contributed by atoms with Crippen molar-refractivity contribution >= 4 is 5.91 Å². The molecule has 90 valence electrons. The smallest absolute Gasteiger partial charge is 0.227 e. The van der Waals surface area contributed by atoms with Crippen molar-refractivity contribution < 1.29 is 9.53 Å². The lowest BCUT2D eigenvalue weighted by Crippen LogP contribution is -2.49. The molecule has 0 bridgehead atoms. The monoisotopic (exact) mass is 224 g/mol. The van der Waals surface area contributed by atoms with Crippen LogP contribution in [0.4, 0.5) is 0 Å². The average molecular weight is 224 g/mol. The lowest BCUT2D eigenvalue weighted by Gasteiger charge is -2.35. The van der Waals surface area contributed by atoms with E-state index >= 15 is 0 Å². The van der Waals surface area contributed by atoms with E-state index in [9.17, 15) is 4.79 Å². The van der Waals surface area contributed by atoms with Gasteiger partial charge >= 0.3 is 0 Å². The summed E-state index contributed by atoms with van der Waals surface area (Å²) in [5.41, 5.74) is 5.72. The van der Waals surface area contributed by atoms with Crippen LogP contribution in [0, 0.1) is 5.92 Å². The second-order valence-electron chi connectivity index (χ2n) is 4.65. The Balaban J connectivity index is 1.68. The highest BCUT2D eigenvalue weighted by atomic mass is 16.5. The van der Waals surface area contributed by atoms with Gasteiger partial charge in [-0.25, -0.2) is 0 Å². The van der Waals surface area contributed by atoms with E-state index in [4.69, 9.17) is 10.5 Å². The molecule has 3 N–H and O–H groups in total. The van der Waals surface area contributed by atoms with E-state index in [-0.39, 0.29) is 17.9 Å². The Morgan fingerprint density at radius 3 is 2.75 bits per heavy atom. The second-order valence-corrected chi connectivity index (χ2v) is 4.65. The van der Waals surface area contributed by atoms with Crippen LogP contribution in [0.3, 0.4) is 0 Å². The summed E-state index contributed by atoms with van der Waals surface area (Å²) in [4.78, 5) is 11.8. The average Bonchev–Trinajstić information content (AvgIpc) is 2.61. The molecule has 0 spiro atoms. The molecule has 0 aromatic heterocycles. The second kappa shape index (κ2) is 4.97. The van der Waals surface area contributed by atoms with E-state index in [0.717, 1.165) is 25.9 Å². The normalized spacial score (nSPS) is 37.1. The van der Waals surface area contributed by atoms with Crippen LogP contribution in [0.2, 0.25) is 0 Å². The molecule has 4 nitrogen and oxygen atoms in total. The van der Waals surface area contributed by atoms with Crippen molar-refractivity contribution in [2.24, 2.45) is 11.7 Å². The van der Waals surface area contributed by atoms with Gasteiger partial charge < -0.3 is 15.8 Å². The summed E-state index contributed by atoms with van der Waals surface area (Å²) in [6, 6.07) is 0.350. The largest absolute Gasteiger partial charge is 0.378 e. The number of amides is 1. The van der Waals surface area contributed by atoms with E-state index in [0.29, 0.717) is 12.1 Å². The predicted molar refractivity (Wildman–Crippen MR) is 61.8 cm³/mol. The number of ether oxygens (including phenoxy) is 1. The first-order valence-corrected chi connectivity index (χ1v) is 6.05. The molecule has 1 fully saturated rings. The first-order valence-electron chi connectivity index (χ1n) is 6.05. The van der Waals surface area contributed by atoms with Crippen LogP contribution in [0.1, 0.15) is 26.2 Å². The van der Waals surface area contributed by atoms with E-state index in [1.165, 1.54) is 0 Å². The molecule has 0 aromatic rings. The first-order chi connectivity index (χ1) is 7.69. The van der Waals surface area contributed by atoms with Crippen molar-refractivity contribution in [3.63, 3.8) is 0 Å². The van der Waals surface area contributed by atoms with Crippen molar-refractivity contribution in [1.82, 2.24) is 5.32 Å². The van der Waals surface area contributed by atoms with Crippen LogP contribution in [0.25, 0.3) is 0 Å². The summed E-state index contributed by atoms with van der Waals surface area (Å²) in [6.07, 6.45) is 6.81. The molecule has 1 amide bonds. The van der Waals surface area contributed by atoms with Gasteiger partial charge in [-0.05, 0) is 26.2 Å². The van der Waals surface area contributed by atoms with Gasteiger partial charge in [0, 0.05) is 18.7 Å². The molecule has 1 saturated carbocycles. The summed E-state index contributed by atoms with van der Waals surface area (Å²) in [5.74, 6) is 0.0882. The first kappa shape index (κ1) is 11.6. The van der Waals surface area contributed by atoms with Gasteiger partial charge in [0.15, 0.2) is 0 Å². The SMILES string of the molecule is CCOC1CC(NC(=O)C2C=CC(N)C2)C1. The van der Waals surface area contributed by atoms with E-state index in [1.807, 2.05) is 19.1 Å². The highest BCUT2D eigenvalue weighted by molar-refractivity contribution is 5.81. The minimum atomic E-state index is -0.0267. The molecule has 2 rings (SSSR count). The quantitative estimate of drug-likeness (QED) is 0.686. The topological polar surface area (TPSA) is 64.3 Å². The van der Waals surface area contributed by atoms with Gasteiger partial charge in [0.1, 0.15) is 0 Å². The third kappa shape index (κ3) is 2.62. The number of hydrogen-bond donors (Lipinski definition) is 2. The summed E-state index contributed by atoms with van der Waals surface area (Å²) in [7, 11) is 0. The fourth-order valence-electron chi connectivity index (χ4n) is 2.29. The van der Waals surface area contributed by atoms with Gasteiger partial charge in [0.25, 0.3) is 0 Å². The molecule has 2 aliphatic rings. The molecular formula is C12H20N2O2. The number of nitrogens with one attached hydrogen (secondary N) is 1. The van der Waals surface area contributed by atoms with E-state index < -0.39 is 0 Å². The van der Waals surface area contributed by atoms with Gasteiger partial charge in [-0.1, -0.05) is 12.2 Å². The summed E-state index contributed by atoms with van der Waals surface area (Å²) >= 11 is 0. The fraction of sp³-hybridized carbons (Fsp3) is 0.750. The lowest BCUT2D eigenvalue weighted by atomic mass is 9.88. The van der Waals surface area contributed by atoms with Gasteiger partial charge in [0.05, 0.1) is 12.0 Å². The fourth-order valence-corrected chi connectivity index (χ4v) is 2.29. The Bertz CT molecular complexity index is 285. The van der Waals surface area contributed by atoms with Gasteiger partial charge in [0.2, 0.25) is 5.91 Å². The summed E-state index contributed by atoms with van der Waals surface area (Å²) in [5, 5.41) is 3.04. The van der Waals surface area contributed by atoms with Crippen molar-refractivity contribution in [1.29, 1.82) is 0 Å². The Morgan fingerprint density at radius 2 is 2.19 bits per heavy atom. The van der Waals surface area contributed by atoms with Gasteiger partial charge in [-0.3, -0.25) is 4.79 Å². The summed E-state index contributed by atoms with van der Waals surface area (Å²) in [6.45, 7) is 2.75. The third-order valence-corrected chi connectivity index (χ3v) is 3.30. The third-order valence-electron chi connectivity index (χ3n) is 3.30. The molecule has 0 aromatic carbocycles. The zero-order valence-corrected chi connectivity index (χ0v) is 9.69. The van der Waals surface area contributed by atoms with Crippen molar-refractivity contribution in [2.45, 2.75) is 44.4 Å². The van der Waals surface area contributed by atoms with Crippen LogP contribution < -0.4 is 11.1 Å². The molecule has 0 radical (unpaired) electrons. The Hall–Kier alpha value is -0.870. The molecule has 2 aliphatic carbocycles. The predicted octanol–water partition coefficient (Wildman–Crippen LogP) is 0.574. The molecule has 2 atom stereocenters. The van der Waals surface area contributed by atoms with E-state index in [1.54, 1.807) is 0 Å². The molecule has 16 heavy (non-hydrogen) atoms. The summed E-state index contributed by atoms with van der Waals surface area (Å²) < 4.78 is 5.45. The Labute approximate surface area is 96.2 Å². The highest BCUT2D eigenvalue weighted by Gasteiger charge is 2.32. The lowest BCUT2D eigenvalue weighted by molar-refractivity contribution is -0.126. The van der Waals surface area contributed by atoms with E-state index in [2.05, 4.69) is 5.32 Å². The molecular weight excluding hydrogens is 204 g/mol. The molecule has 2 unspecified atom stereocenters. The highest BCUT2D eigenvalue weighted by Crippen LogP contribution is 2.24. The maximum Gasteiger partial charge on any atom is 0.227 e. The van der Waals surface area contributed by atoms with Crippen LogP contribution in [0.15, 0.2) is 12.2 Å². The van der Waals surface area contributed by atoms with Crippen molar-refractivity contribution in [2.75, 3.05) is 6.61 Å². The molecule has 0 aliphatic heterocycles. The minimum absolute atomic E-state index is 0.0267. The van der Waals surface area contributed by atoms with Crippen LogP contribution in [-0.4, -0.2) is 30.7 Å². The zero-order chi connectivity index (χ0) is 11.5. The van der Waals surface area contributed by atoms with Crippen molar-refractivity contribution in [3.05, 3.63) is 12.2 Å². The Morgan fingerprint density at radius 1 is 1.44 bits per heavy atom. The number of carbonyl (C=O) groups excluding carboxylic acids is 1. The zero-order valence-electron chi connectivity index (χ0n) is 9.69. The Kier molecular flexibility index (Phi) is 3.61. The molecule has 4 heteroatoms. The number of rotatable bonds is 4. The number of nitrogens with two attached hydrogens (primary N) is 1. The number of hydrogen-bond acceptors (Lipinski definition) is 3. The maximum atomic E-state index is 11.8. The standard InChI is InChI=1S/C12H20N2O2/c1-2-16-11-6-10(7-11)14-12(15)8-3-4-9(13)5-8/h3-4,8-11H,2,5-7,13H2,1H3,(H,14,15). The van der Waals surface area contributed by atoms with Gasteiger partial charge in [-0.2, -0.15) is 0 Å². The molecule has 0 saturated heterocycles. The van der Waals surface area contributed by atoms with Crippen LogP contribution in [-0.2, 0) is 9.53 Å².